The lowest BCUT2D eigenvalue weighted by atomic mass is 10.1. The molecule has 0 nitrogen and oxygen atoms in total. The summed E-state index contributed by atoms with van der Waals surface area (Å²) in [6, 6.07) is 8.07. The van der Waals surface area contributed by atoms with Crippen molar-refractivity contribution in [3.63, 3.8) is 0 Å². The molecule has 1 aromatic carbocycles. The Morgan fingerprint density at radius 3 is 2.20 bits per heavy atom. The van der Waals surface area contributed by atoms with Crippen molar-refractivity contribution < 1.29 is 0 Å². The molecular formula is C8H9ClS. The van der Waals surface area contributed by atoms with Crippen LogP contribution in [-0.4, -0.2) is 0 Å². The molecule has 0 bridgehead atoms. The molecule has 0 saturated carbocycles. The van der Waals surface area contributed by atoms with Crippen molar-refractivity contribution in [2.24, 2.45) is 0 Å². The van der Waals surface area contributed by atoms with E-state index in [-0.39, 0.29) is 0 Å². The van der Waals surface area contributed by atoms with Gasteiger partial charge < -0.3 is 0 Å². The molecule has 0 aliphatic heterocycles. The van der Waals surface area contributed by atoms with Crippen LogP contribution >= 0.6 is 24.2 Å². The van der Waals surface area contributed by atoms with E-state index in [1.165, 1.54) is 11.1 Å². The molecule has 0 radical (unpaired) electrons. The maximum absolute atomic E-state index is 5.68. The van der Waals surface area contributed by atoms with E-state index < -0.39 is 0 Å². The molecule has 0 aliphatic rings. The average Bonchev–Trinajstić information content (AvgIpc) is 2.04. The number of benzene rings is 1. The smallest absolute Gasteiger partial charge is 0.0477 e. The highest BCUT2D eigenvalue weighted by Crippen LogP contribution is 2.12. The standard InChI is InChI=1S/C8H9ClS/c9-5-7-3-1-2-4-8(7)6-10/h1-4,10H,5-6H2. The second kappa shape index (κ2) is 3.89. The third-order valence-corrected chi connectivity index (χ3v) is 2.06. The molecule has 0 aliphatic carbocycles. The Bertz CT molecular complexity index is 187. The summed E-state index contributed by atoms with van der Waals surface area (Å²) < 4.78 is 0. The van der Waals surface area contributed by atoms with Gasteiger partial charge in [-0.15, -0.1) is 11.6 Å². The van der Waals surface area contributed by atoms with Crippen LogP contribution in [0.2, 0.25) is 0 Å². The van der Waals surface area contributed by atoms with Gasteiger partial charge in [0.1, 0.15) is 0 Å². The van der Waals surface area contributed by atoms with Gasteiger partial charge >= 0.3 is 0 Å². The van der Waals surface area contributed by atoms with Crippen molar-refractivity contribution in [3.8, 4) is 0 Å². The third-order valence-electron chi connectivity index (χ3n) is 1.43. The van der Waals surface area contributed by atoms with Crippen molar-refractivity contribution in [3.05, 3.63) is 35.4 Å². The van der Waals surface area contributed by atoms with Gasteiger partial charge in [0, 0.05) is 11.6 Å². The van der Waals surface area contributed by atoms with Gasteiger partial charge in [0.05, 0.1) is 0 Å². The van der Waals surface area contributed by atoms with E-state index in [0.717, 1.165) is 5.75 Å². The van der Waals surface area contributed by atoms with Crippen LogP contribution in [0.4, 0.5) is 0 Å². The molecule has 0 N–H and O–H groups in total. The zero-order valence-electron chi connectivity index (χ0n) is 5.55. The number of halogens is 1. The fourth-order valence-corrected chi connectivity index (χ4v) is 1.41. The van der Waals surface area contributed by atoms with Crippen LogP contribution < -0.4 is 0 Å². The Morgan fingerprint density at radius 1 is 1.20 bits per heavy atom. The number of hydrogen-bond acceptors (Lipinski definition) is 1. The minimum atomic E-state index is 0.580. The molecule has 0 heterocycles. The zero-order valence-corrected chi connectivity index (χ0v) is 7.20. The number of hydrogen-bond donors (Lipinski definition) is 1. The van der Waals surface area contributed by atoms with Crippen molar-refractivity contribution >= 4 is 24.2 Å². The first-order chi connectivity index (χ1) is 4.88. The van der Waals surface area contributed by atoms with E-state index in [9.17, 15) is 0 Å². The molecule has 0 fully saturated rings. The Balaban J connectivity index is 2.96. The van der Waals surface area contributed by atoms with Crippen LogP contribution in [0, 0.1) is 0 Å². The van der Waals surface area contributed by atoms with Gasteiger partial charge in [0.25, 0.3) is 0 Å². The van der Waals surface area contributed by atoms with Crippen LogP contribution in [0.25, 0.3) is 0 Å². The largest absolute Gasteiger partial charge is 0.175 e. The lowest BCUT2D eigenvalue weighted by Crippen LogP contribution is -1.85. The molecule has 1 aromatic rings. The summed E-state index contributed by atoms with van der Waals surface area (Å²) in [6.07, 6.45) is 0. The van der Waals surface area contributed by atoms with Crippen molar-refractivity contribution in [1.29, 1.82) is 0 Å². The fraction of sp³-hybridized carbons (Fsp3) is 0.250. The zero-order chi connectivity index (χ0) is 7.40. The van der Waals surface area contributed by atoms with Gasteiger partial charge in [-0.1, -0.05) is 24.3 Å². The molecule has 0 unspecified atom stereocenters. The second-order valence-electron chi connectivity index (χ2n) is 2.06. The molecule has 0 aromatic heterocycles. The van der Waals surface area contributed by atoms with Crippen LogP contribution in [0.3, 0.4) is 0 Å². The number of thiol groups is 1. The van der Waals surface area contributed by atoms with Crippen LogP contribution in [0.5, 0.6) is 0 Å². The van der Waals surface area contributed by atoms with E-state index in [0.29, 0.717) is 5.88 Å². The Labute approximate surface area is 71.6 Å². The summed E-state index contributed by atoms with van der Waals surface area (Å²) >= 11 is 9.85. The van der Waals surface area contributed by atoms with Crippen molar-refractivity contribution in [2.75, 3.05) is 0 Å². The van der Waals surface area contributed by atoms with Gasteiger partial charge in [-0.25, -0.2) is 0 Å². The molecule has 0 atom stereocenters. The molecule has 54 valence electrons. The summed E-state index contributed by atoms with van der Waals surface area (Å²) in [6.45, 7) is 0. The first kappa shape index (κ1) is 7.96. The summed E-state index contributed by atoms with van der Waals surface area (Å²) in [7, 11) is 0. The molecule has 0 amide bonds. The molecule has 0 saturated heterocycles. The molecule has 0 spiro atoms. The summed E-state index contributed by atoms with van der Waals surface area (Å²) in [5.74, 6) is 1.35. The predicted molar refractivity (Wildman–Crippen MR) is 48.7 cm³/mol. The van der Waals surface area contributed by atoms with Crippen LogP contribution in [0.15, 0.2) is 24.3 Å². The summed E-state index contributed by atoms with van der Waals surface area (Å²) in [5.41, 5.74) is 2.40. The first-order valence-corrected chi connectivity index (χ1v) is 4.28. The number of rotatable bonds is 2. The summed E-state index contributed by atoms with van der Waals surface area (Å²) in [5, 5.41) is 0. The maximum Gasteiger partial charge on any atom is 0.0477 e. The highest BCUT2D eigenvalue weighted by atomic mass is 35.5. The lowest BCUT2D eigenvalue weighted by Gasteiger charge is -2.01. The number of alkyl halides is 1. The quantitative estimate of drug-likeness (QED) is 0.515. The van der Waals surface area contributed by atoms with E-state index in [4.69, 9.17) is 11.6 Å². The van der Waals surface area contributed by atoms with Gasteiger partial charge in [0.2, 0.25) is 0 Å². The minimum absolute atomic E-state index is 0.580. The van der Waals surface area contributed by atoms with E-state index in [1.54, 1.807) is 0 Å². The van der Waals surface area contributed by atoms with Crippen molar-refractivity contribution in [2.45, 2.75) is 11.6 Å². The van der Waals surface area contributed by atoms with E-state index >= 15 is 0 Å². The molecule has 1 rings (SSSR count). The fourth-order valence-electron chi connectivity index (χ4n) is 0.842. The second-order valence-corrected chi connectivity index (χ2v) is 2.64. The Kier molecular flexibility index (Phi) is 3.10. The third kappa shape index (κ3) is 1.68. The summed E-state index contributed by atoms with van der Waals surface area (Å²) in [4.78, 5) is 0. The van der Waals surface area contributed by atoms with E-state index in [1.807, 2.05) is 24.3 Å². The predicted octanol–water partition coefficient (Wildman–Crippen LogP) is 2.86. The minimum Gasteiger partial charge on any atom is -0.175 e. The van der Waals surface area contributed by atoms with Gasteiger partial charge in [-0.05, 0) is 11.1 Å². The Morgan fingerprint density at radius 2 is 1.80 bits per heavy atom. The van der Waals surface area contributed by atoms with Gasteiger partial charge in [0.15, 0.2) is 0 Å². The van der Waals surface area contributed by atoms with Gasteiger partial charge in [-0.3, -0.25) is 0 Å². The maximum atomic E-state index is 5.68. The topological polar surface area (TPSA) is 0 Å². The van der Waals surface area contributed by atoms with Gasteiger partial charge in [-0.2, -0.15) is 12.6 Å². The average molecular weight is 173 g/mol. The first-order valence-electron chi connectivity index (χ1n) is 3.12. The van der Waals surface area contributed by atoms with Crippen LogP contribution in [0.1, 0.15) is 11.1 Å². The molecule has 10 heavy (non-hydrogen) atoms. The highest BCUT2D eigenvalue weighted by molar-refractivity contribution is 7.79. The van der Waals surface area contributed by atoms with Crippen molar-refractivity contribution in [1.82, 2.24) is 0 Å². The monoisotopic (exact) mass is 172 g/mol. The molecule has 2 heteroatoms. The lowest BCUT2D eigenvalue weighted by molar-refractivity contribution is 1.28. The normalized spacial score (nSPS) is 9.80. The highest BCUT2D eigenvalue weighted by Gasteiger charge is 1.95. The Hall–Kier alpha value is -0.140. The SMILES string of the molecule is SCc1ccccc1CCl. The van der Waals surface area contributed by atoms with E-state index in [2.05, 4.69) is 12.6 Å². The van der Waals surface area contributed by atoms with Crippen LogP contribution in [-0.2, 0) is 11.6 Å². The molecular weight excluding hydrogens is 164 g/mol.